The molecule has 1 atom stereocenters. The number of hydrogen-bond donors (Lipinski definition) is 4. The highest BCUT2D eigenvalue weighted by Gasteiger charge is 2.13. The van der Waals surface area contributed by atoms with Crippen molar-refractivity contribution in [3.63, 3.8) is 0 Å². The minimum Gasteiger partial charge on any atom is -0.508 e. The lowest BCUT2D eigenvalue weighted by Gasteiger charge is -2.23. The SMILES string of the molecule is OCCCNCc1cccc(-c2cc(O)cc(CCC3CCCCN3)c2)c1. The lowest BCUT2D eigenvalue weighted by atomic mass is 9.95. The van der Waals surface area contributed by atoms with Gasteiger partial charge in [-0.3, -0.25) is 0 Å². The average Bonchev–Trinajstić information content (AvgIpc) is 2.70. The summed E-state index contributed by atoms with van der Waals surface area (Å²) in [5, 5.41) is 26.0. The van der Waals surface area contributed by atoms with E-state index < -0.39 is 0 Å². The molecule has 0 radical (unpaired) electrons. The summed E-state index contributed by atoms with van der Waals surface area (Å²) in [5.74, 6) is 0.338. The zero-order chi connectivity index (χ0) is 18.9. The van der Waals surface area contributed by atoms with Gasteiger partial charge in [0.2, 0.25) is 0 Å². The van der Waals surface area contributed by atoms with Gasteiger partial charge in [-0.05, 0) is 85.6 Å². The van der Waals surface area contributed by atoms with Crippen LogP contribution in [0.1, 0.15) is 43.2 Å². The minimum atomic E-state index is 0.218. The number of phenols is 1. The van der Waals surface area contributed by atoms with E-state index in [0.29, 0.717) is 11.8 Å². The fourth-order valence-corrected chi connectivity index (χ4v) is 3.79. The zero-order valence-electron chi connectivity index (χ0n) is 16.1. The van der Waals surface area contributed by atoms with E-state index in [1.54, 1.807) is 0 Å². The standard InChI is InChI=1S/C23H32N2O2/c26-12-4-10-24-17-19-5-3-6-20(14-19)21-13-18(15-23(27)16-21)8-9-22-7-1-2-11-25-22/h3,5-6,13-16,22,24-27H,1-2,4,7-12,17H2. The molecule has 0 bridgehead atoms. The Balaban J connectivity index is 1.66. The van der Waals surface area contributed by atoms with Crippen molar-refractivity contribution in [3.05, 3.63) is 53.6 Å². The van der Waals surface area contributed by atoms with Crippen LogP contribution in [0, 0.1) is 0 Å². The third kappa shape index (κ3) is 6.35. The monoisotopic (exact) mass is 368 g/mol. The molecule has 27 heavy (non-hydrogen) atoms. The number of aliphatic hydroxyl groups is 1. The van der Waals surface area contributed by atoms with Gasteiger partial charge in [-0.2, -0.15) is 0 Å². The van der Waals surface area contributed by atoms with Crippen molar-refractivity contribution in [1.82, 2.24) is 10.6 Å². The largest absolute Gasteiger partial charge is 0.508 e. The fraction of sp³-hybridized carbons (Fsp3) is 0.478. The second kappa shape index (κ2) is 10.5. The van der Waals surface area contributed by atoms with Crippen LogP contribution in [0.2, 0.25) is 0 Å². The first-order chi connectivity index (χ1) is 13.2. The van der Waals surface area contributed by atoms with E-state index in [0.717, 1.165) is 50.0 Å². The predicted octanol–water partition coefficient (Wildman–Crippen LogP) is 3.61. The molecule has 4 nitrogen and oxygen atoms in total. The maximum Gasteiger partial charge on any atom is 0.116 e. The van der Waals surface area contributed by atoms with Gasteiger partial charge in [0.1, 0.15) is 5.75 Å². The molecule has 1 aliphatic rings. The van der Waals surface area contributed by atoms with Crippen molar-refractivity contribution in [3.8, 4) is 16.9 Å². The quantitative estimate of drug-likeness (QED) is 0.511. The summed E-state index contributed by atoms with van der Waals surface area (Å²) in [4.78, 5) is 0. The van der Waals surface area contributed by atoms with Crippen LogP contribution in [0.3, 0.4) is 0 Å². The molecule has 2 aromatic rings. The van der Waals surface area contributed by atoms with Crippen LogP contribution >= 0.6 is 0 Å². The number of benzene rings is 2. The molecule has 3 rings (SSSR count). The summed E-state index contributed by atoms with van der Waals surface area (Å²) < 4.78 is 0. The normalized spacial score (nSPS) is 17.1. The molecule has 2 aromatic carbocycles. The molecule has 0 spiro atoms. The van der Waals surface area contributed by atoms with Gasteiger partial charge in [-0.1, -0.05) is 30.7 Å². The highest BCUT2D eigenvalue weighted by Crippen LogP contribution is 2.27. The highest BCUT2D eigenvalue weighted by molar-refractivity contribution is 5.66. The molecule has 0 aliphatic carbocycles. The van der Waals surface area contributed by atoms with E-state index in [9.17, 15) is 5.11 Å². The van der Waals surface area contributed by atoms with Gasteiger partial charge in [0.05, 0.1) is 0 Å². The van der Waals surface area contributed by atoms with E-state index in [2.05, 4.69) is 41.0 Å². The summed E-state index contributed by atoms with van der Waals surface area (Å²) in [6.45, 7) is 2.95. The molecule has 1 saturated heterocycles. The Morgan fingerprint density at radius 2 is 1.93 bits per heavy atom. The molecule has 1 fully saturated rings. The molecule has 1 aliphatic heterocycles. The number of aromatic hydroxyl groups is 1. The fourth-order valence-electron chi connectivity index (χ4n) is 3.79. The number of phenolic OH excluding ortho intramolecular Hbond substituents is 1. The van der Waals surface area contributed by atoms with Crippen molar-refractivity contribution < 1.29 is 10.2 Å². The molecule has 0 amide bonds. The average molecular weight is 369 g/mol. The van der Waals surface area contributed by atoms with E-state index in [1.165, 1.54) is 30.4 Å². The van der Waals surface area contributed by atoms with Crippen LogP contribution < -0.4 is 10.6 Å². The summed E-state index contributed by atoms with van der Waals surface area (Å²) in [6.07, 6.45) is 6.75. The summed E-state index contributed by atoms with van der Waals surface area (Å²) in [5.41, 5.74) is 4.61. The second-order valence-electron chi connectivity index (χ2n) is 7.53. The summed E-state index contributed by atoms with van der Waals surface area (Å²) >= 11 is 0. The summed E-state index contributed by atoms with van der Waals surface area (Å²) in [7, 11) is 0. The van der Waals surface area contributed by atoms with Gasteiger partial charge < -0.3 is 20.8 Å². The molecular formula is C23H32N2O2. The van der Waals surface area contributed by atoms with Crippen molar-refractivity contribution >= 4 is 0 Å². The van der Waals surface area contributed by atoms with Crippen molar-refractivity contribution in [1.29, 1.82) is 0 Å². The molecular weight excluding hydrogens is 336 g/mol. The third-order valence-electron chi connectivity index (χ3n) is 5.27. The minimum absolute atomic E-state index is 0.218. The Labute approximate surface area is 162 Å². The van der Waals surface area contributed by atoms with Gasteiger partial charge in [-0.25, -0.2) is 0 Å². The highest BCUT2D eigenvalue weighted by atomic mass is 16.3. The Morgan fingerprint density at radius 1 is 1.04 bits per heavy atom. The van der Waals surface area contributed by atoms with Crippen LogP contribution in [0.5, 0.6) is 5.75 Å². The van der Waals surface area contributed by atoms with Gasteiger partial charge in [0.25, 0.3) is 0 Å². The molecule has 0 aromatic heterocycles. The van der Waals surface area contributed by atoms with E-state index >= 15 is 0 Å². The lowest BCUT2D eigenvalue weighted by Crippen LogP contribution is -2.34. The maximum atomic E-state index is 10.2. The first kappa shape index (κ1) is 19.9. The zero-order valence-corrected chi connectivity index (χ0v) is 16.1. The first-order valence-electron chi connectivity index (χ1n) is 10.2. The van der Waals surface area contributed by atoms with E-state index in [4.69, 9.17) is 5.11 Å². The topological polar surface area (TPSA) is 64.5 Å². The van der Waals surface area contributed by atoms with Gasteiger partial charge >= 0.3 is 0 Å². The Hall–Kier alpha value is -1.88. The molecule has 146 valence electrons. The molecule has 4 heteroatoms. The van der Waals surface area contributed by atoms with Crippen molar-refractivity contribution in [2.24, 2.45) is 0 Å². The van der Waals surface area contributed by atoms with Gasteiger partial charge in [0.15, 0.2) is 0 Å². The van der Waals surface area contributed by atoms with Crippen molar-refractivity contribution in [2.45, 2.75) is 51.1 Å². The van der Waals surface area contributed by atoms with E-state index in [-0.39, 0.29) is 6.61 Å². The van der Waals surface area contributed by atoms with Crippen molar-refractivity contribution in [2.75, 3.05) is 19.7 Å². The van der Waals surface area contributed by atoms with Crippen LogP contribution in [0.4, 0.5) is 0 Å². The number of aliphatic hydroxyl groups excluding tert-OH is 1. The summed E-state index contributed by atoms with van der Waals surface area (Å²) in [6, 6.07) is 15.0. The first-order valence-corrected chi connectivity index (χ1v) is 10.2. The number of piperidine rings is 1. The van der Waals surface area contributed by atoms with Gasteiger partial charge in [0, 0.05) is 19.2 Å². The number of aryl methyl sites for hydroxylation is 1. The van der Waals surface area contributed by atoms with Crippen LogP contribution in [0.25, 0.3) is 11.1 Å². The predicted molar refractivity (Wildman–Crippen MR) is 111 cm³/mol. The van der Waals surface area contributed by atoms with Gasteiger partial charge in [-0.15, -0.1) is 0 Å². The van der Waals surface area contributed by atoms with Crippen LogP contribution in [0.15, 0.2) is 42.5 Å². The molecule has 1 unspecified atom stereocenters. The molecule has 1 heterocycles. The second-order valence-corrected chi connectivity index (χ2v) is 7.53. The maximum absolute atomic E-state index is 10.2. The molecule has 0 saturated carbocycles. The molecule has 4 N–H and O–H groups in total. The number of rotatable bonds is 9. The number of hydrogen-bond acceptors (Lipinski definition) is 4. The lowest BCUT2D eigenvalue weighted by molar-refractivity contribution is 0.286. The Bertz CT molecular complexity index is 711. The Morgan fingerprint density at radius 3 is 2.74 bits per heavy atom. The van der Waals surface area contributed by atoms with Crippen LogP contribution in [-0.4, -0.2) is 36.0 Å². The van der Waals surface area contributed by atoms with Crippen LogP contribution in [-0.2, 0) is 13.0 Å². The van der Waals surface area contributed by atoms with E-state index in [1.807, 2.05) is 12.1 Å². The number of nitrogens with one attached hydrogen (secondary N) is 2. The Kier molecular flexibility index (Phi) is 7.69. The smallest absolute Gasteiger partial charge is 0.116 e. The third-order valence-corrected chi connectivity index (χ3v) is 5.27.